The van der Waals surface area contributed by atoms with Gasteiger partial charge < -0.3 is 0 Å². The van der Waals surface area contributed by atoms with Crippen molar-refractivity contribution in [3.63, 3.8) is 0 Å². The van der Waals surface area contributed by atoms with E-state index < -0.39 is 0 Å². The Hall–Kier alpha value is -0.750. The maximum absolute atomic E-state index is 5.75. The van der Waals surface area contributed by atoms with Gasteiger partial charge in [0.25, 0.3) is 0 Å². The predicted octanol–water partition coefficient (Wildman–Crippen LogP) is 4.15. The topological polar surface area (TPSA) is 0 Å². The second-order valence-electron chi connectivity index (χ2n) is 2.74. The van der Waals surface area contributed by atoms with Crippen LogP contribution >= 0.6 is 11.6 Å². The number of unbranched alkanes of at least 4 members (excludes halogenated alkanes) is 1. The van der Waals surface area contributed by atoms with Crippen LogP contribution in [0.15, 0.2) is 30.3 Å². The summed E-state index contributed by atoms with van der Waals surface area (Å²) in [6.07, 6.45) is 6.65. The van der Waals surface area contributed by atoms with Crippen LogP contribution in [0.5, 0.6) is 0 Å². The molecule has 1 aromatic carbocycles. The number of hydrogen-bond donors (Lipinski definition) is 0. The van der Waals surface area contributed by atoms with E-state index in [-0.39, 0.29) is 0 Å². The minimum atomic E-state index is 0.794. The third-order valence-electron chi connectivity index (χ3n) is 1.64. The van der Waals surface area contributed by atoms with Crippen molar-refractivity contribution in [2.24, 2.45) is 0 Å². The number of rotatable bonds is 3. The standard InChI is InChI=1S/C11H13Cl/c1-2-3-4-5-10-6-8-11(12)9-7-10/h4-9H,2-3H2,1H3. The predicted molar refractivity (Wildman–Crippen MR) is 55.4 cm³/mol. The van der Waals surface area contributed by atoms with E-state index in [4.69, 9.17) is 11.6 Å². The Morgan fingerprint density at radius 2 is 1.92 bits per heavy atom. The van der Waals surface area contributed by atoms with Crippen LogP contribution < -0.4 is 0 Å². The zero-order valence-electron chi connectivity index (χ0n) is 7.26. The molecule has 0 aliphatic heterocycles. The minimum absolute atomic E-state index is 0.794. The van der Waals surface area contributed by atoms with Crippen LogP contribution in [-0.2, 0) is 0 Å². The zero-order valence-corrected chi connectivity index (χ0v) is 8.01. The van der Waals surface area contributed by atoms with Crippen molar-refractivity contribution >= 4 is 17.7 Å². The zero-order chi connectivity index (χ0) is 8.81. The van der Waals surface area contributed by atoms with E-state index >= 15 is 0 Å². The third kappa shape index (κ3) is 3.10. The summed E-state index contributed by atoms with van der Waals surface area (Å²) in [6, 6.07) is 7.86. The number of allylic oxidation sites excluding steroid dienone is 1. The molecule has 0 saturated carbocycles. The molecule has 1 heteroatoms. The summed E-state index contributed by atoms with van der Waals surface area (Å²) in [5.41, 5.74) is 1.22. The Labute approximate surface area is 78.9 Å². The van der Waals surface area contributed by atoms with Gasteiger partial charge in [-0.1, -0.05) is 49.2 Å². The molecule has 0 aromatic heterocycles. The molecule has 0 aliphatic carbocycles. The smallest absolute Gasteiger partial charge is 0.0406 e. The van der Waals surface area contributed by atoms with E-state index in [0.29, 0.717) is 0 Å². The normalized spacial score (nSPS) is 10.8. The van der Waals surface area contributed by atoms with Crippen LogP contribution in [0, 0.1) is 0 Å². The van der Waals surface area contributed by atoms with Gasteiger partial charge in [0.05, 0.1) is 0 Å². The lowest BCUT2D eigenvalue weighted by Gasteiger charge is -1.92. The second-order valence-corrected chi connectivity index (χ2v) is 3.18. The summed E-state index contributed by atoms with van der Waals surface area (Å²) < 4.78 is 0. The van der Waals surface area contributed by atoms with Crippen LogP contribution in [0.1, 0.15) is 25.3 Å². The van der Waals surface area contributed by atoms with Gasteiger partial charge in [0.15, 0.2) is 0 Å². The molecule has 12 heavy (non-hydrogen) atoms. The molecule has 0 radical (unpaired) electrons. The molecule has 1 aromatic rings. The summed E-state index contributed by atoms with van der Waals surface area (Å²) in [5, 5.41) is 0.794. The van der Waals surface area contributed by atoms with Crippen LogP contribution in [-0.4, -0.2) is 0 Å². The fraction of sp³-hybridized carbons (Fsp3) is 0.273. The first-order valence-electron chi connectivity index (χ1n) is 4.25. The van der Waals surface area contributed by atoms with Gasteiger partial charge in [-0.05, 0) is 24.1 Å². The quantitative estimate of drug-likeness (QED) is 0.656. The van der Waals surface area contributed by atoms with Crippen molar-refractivity contribution in [3.05, 3.63) is 40.9 Å². The fourth-order valence-corrected chi connectivity index (χ4v) is 1.09. The maximum Gasteiger partial charge on any atom is 0.0406 e. The monoisotopic (exact) mass is 180 g/mol. The second kappa shape index (κ2) is 5.00. The van der Waals surface area contributed by atoms with Crippen molar-refractivity contribution in [2.75, 3.05) is 0 Å². The lowest BCUT2D eigenvalue weighted by Crippen LogP contribution is -1.70. The Bertz CT molecular complexity index is 246. The van der Waals surface area contributed by atoms with E-state index in [9.17, 15) is 0 Å². The van der Waals surface area contributed by atoms with Crippen molar-refractivity contribution in [1.82, 2.24) is 0 Å². The molecule has 0 saturated heterocycles. The molecule has 0 atom stereocenters. The van der Waals surface area contributed by atoms with E-state index in [1.807, 2.05) is 24.3 Å². The Morgan fingerprint density at radius 3 is 2.50 bits per heavy atom. The van der Waals surface area contributed by atoms with Crippen LogP contribution in [0.2, 0.25) is 5.02 Å². The summed E-state index contributed by atoms with van der Waals surface area (Å²) in [5.74, 6) is 0. The van der Waals surface area contributed by atoms with Crippen LogP contribution in [0.4, 0.5) is 0 Å². The summed E-state index contributed by atoms with van der Waals surface area (Å²) in [6.45, 7) is 2.17. The molecule has 64 valence electrons. The molecule has 0 unspecified atom stereocenters. The first-order valence-corrected chi connectivity index (χ1v) is 4.63. The van der Waals surface area contributed by atoms with Gasteiger partial charge >= 0.3 is 0 Å². The van der Waals surface area contributed by atoms with Crippen LogP contribution in [0.3, 0.4) is 0 Å². The van der Waals surface area contributed by atoms with E-state index in [1.54, 1.807) is 0 Å². The van der Waals surface area contributed by atoms with E-state index in [0.717, 1.165) is 11.4 Å². The van der Waals surface area contributed by atoms with Crippen molar-refractivity contribution < 1.29 is 0 Å². The number of hydrogen-bond acceptors (Lipinski definition) is 0. The summed E-state index contributed by atoms with van der Waals surface area (Å²) in [7, 11) is 0. The first kappa shape index (κ1) is 9.34. The van der Waals surface area contributed by atoms with Gasteiger partial charge in [-0.15, -0.1) is 0 Å². The van der Waals surface area contributed by atoms with Gasteiger partial charge in [0.2, 0.25) is 0 Å². The van der Waals surface area contributed by atoms with E-state index in [2.05, 4.69) is 19.1 Å². The SMILES string of the molecule is CCCC=Cc1ccc(Cl)cc1. The highest BCUT2D eigenvalue weighted by molar-refractivity contribution is 6.30. The molecular formula is C11H13Cl. The fourth-order valence-electron chi connectivity index (χ4n) is 0.960. The molecule has 0 spiro atoms. The average molecular weight is 181 g/mol. The lowest BCUT2D eigenvalue weighted by molar-refractivity contribution is 0.962. The highest BCUT2D eigenvalue weighted by Crippen LogP contribution is 2.10. The maximum atomic E-state index is 5.75. The Balaban J connectivity index is 2.58. The molecule has 1 rings (SSSR count). The summed E-state index contributed by atoms with van der Waals surface area (Å²) >= 11 is 5.75. The molecule has 0 bridgehead atoms. The van der Waals surface area contributed by atoms with Crippen molar-refractivity contribution in [2.45, 2.75) is 19.8 Å². The molecule has 0 amide bonds. The van der Waals surface area contributed by atoms with Gasteiger partial charge in [0, 0.05) is 5.02 Å². The van der Waals surface area contributed by atoms with Gasteiger partial charge in [-0.25, -0.2) is 0 Å². The van der Waals surface area contributed by atoms with Crippen molar-refractivity contribution in [3.8, 4) is 0 Å². The van der Waals surface area contributed by atoms with Crippen molar-refractivity contribution in [1.29, 1.82) is 0 Å². The number of halogens is 1. The molecule has 0 nitrogen and oxygen atoms in total. The van der Waals surface area contributed by atoms with Crippen LogP contribution in [0.25, 0.3) is 6.08 Å². The first-order chi connectivity index (χ1) is 5.83. The Kier molecular flexibility index (Phi) is 3.89. The molecule has 0 N–H and O–H groups in total. The highest BCUT2D eigenvalue weighted by Gasteiger charge is 1.86. The average Bonchev–Trinajstić information content (AvgIpc) is 2.09. The molecule has 0 heterocycles. The molecular weight excluding hydrogens is 168 g/mol. The van der Waals surface area contributed by atoms with Gasteiger partial charge in [-0.3, -0.25) is 0 Å². The van der Waals surface area contributed by atoms with Gasteiger partial charge in [0.1, 0.15) is 0 Å². The largest absolute Gasteiger partial charge is 0.0843 e. The Morgan fingerprint density at radius 1 is 1.25 bits per heavy atom. The number of benzene rings is 1. The highest BCUT2D eigenvalue weighted by atomic mass is 35.5. The molecule has 0 fully saturated rings. The summed E-state index contributed by atoms with van der Waals surface area (Å²) in [4.78, 5) is 0. The van der Waals surface area contributed by atoms with Gasteiger partial charge in [-0.2, -0.15) is 0 Å². The van der Waals surface area contributed by atoms with E-state index in [1.165, 1.54) is 12.0 Å². The minimum Gasteiger partial charge on any atom is -0.0843 e. The third-order valence-corrected chi connectivity index (χ3v) is 1.89. The lowest BCUT2D eigenvalue weighted by atomic mass is 10.2. The molecule has 0 aliphatic rings.